The summed E-state index contributed by atoms with van der Waals surface area (Å²) in [4.78, 5) is 14.4. The second kappa shape index (κ2) is 5.82. The SMILES string of the molecule is C=C(C(C)=O)[C@@H]1C[C@H]2c3c(c4ccccc4n3C)C[C@@H]([C@@H]1CO)N2C. The monoisotopic (exact) mass is 338 g/mol. The first-order valence-corrected chi connectivity index (χ1v) is 9.04. The Morgan fingerprint density at radius 2 is 2.04 bits per heavy atom. The molecule has 2 aromatic rings. The van der Waals surface area contributed by atoms with Gasteiger partial charge in [-0.3, -0.25) is 9.69 Å². The molecule has 0 radical (unpaired) electrons. The topological polar surface area (TPSA) is 45.5 Å². The number of piperidine rings is 1. The van der Waals surface area contributed by atoms with Gasteiger partial charge in [-0.15, -0.1) is 0 Å². The number of nitrogens with zero attached hydrogens (tertiary/aromatic N) is 2. The van der Waals surface area contributed by atoms with Gasteiger partial charge in [-0.1, -0.05) is 24.8 Å². The van der Waals surface area contributed by atoms with Gasteiger partial charge in [-0.05, 0) is 49.9 Å². The molecular weight excluding hydrogens is 312 g/mol. The molecule has 1 aromatic carbocycles. The number of fused-ring (bicyclic) bond motifs is 6. The Bertz CT molecular complexity index is 866. The fourth-order valence-corrected chi connectivity index (χ4v) is 5.23. The smallest absolute Gasteiger partial charge is 0.155 e. The average molecular weight is 338 g/mol. The number of hydrogen-bond acceptors (Lipinski definition) is 3. The number of allylic oxidation sites excluding steroid dienone is 1. The summed E-state index contributed by atoms with van der Waals surface area (Å²) in [5, 5.41) is 11.4. The predicted molar refractivity (Wildman–Crippen MR) is 99.4 cm³/mol. The van der Waals surface area contributed by atoms with E-state index in [9.17, 15) is 9.90 Å². The summed E-state index contributed by atoms with van der Waals surface area (Å²) in [5.74, 6) is 0.160. The molecule has 4 rings (SSSR count). The number of aromatic nitrogens is 1. The van der Waals surface area contributed by atoms with Crippen molar-refractivity contribution in [3.63, 3.8) is 0 Å². The maximum Gasteiger partial charge on any atom is 0.155 e. The highest BCUT2D eigenvalue weighted by Crippen LogP contribution is 2.49. The van der Waals surface area contributed by atoms with Gasteiger partial charge in [0.05, 0.1) is 6.04 Å². The highest BCUT2D eigenvalue weighted by molar-refractivity contribution is 5.93. The third-order valence-electron chi connectivity index (χ3n) is 6.60. The molecule has 132 valence electrons. The van der Waals surface area contributed by atoms with Crippen LogP contribution in [-0.4, -0.2) is 40.1 Å². The maximum absolute atomic E-state index is 12.0. The third kappa shape index (κ3) is 2.24. The maximum atomic E-state index is 12.0. The van der Waals surface area contributed by atoms with E-state index in [2.05, 4.69) is 54.4 Å². The Labute approximate surface area is 148 Å². The lowest BCUT2D eigenvalue weighted by Crippen LogP contribution is -2.54. The molecule has 0 spiro atoms. The standard InChI is InChI=1S/C21H26N2O2/c1-12(13(2)25)15-9-20-21-16(10-19(22(20)3)17(15)11-24)14-7-5-6-8-18(14)23(21)4/h5-8,15,17,19-20,24H,1,9-11H2,2-4H3/t15-,17+,19-,20-/m0/s1. The Balaban J connectivity index is 1.87. The number of carbonyl (C=O) groups is 1. The van der Waals surface area contributed by atoms with E-state index >= 15 is 0 Å². The number of carbonyl (C=O) groups excluding carboxylic acids is 1. The number of aliphatic hydroxyl groups is 1. The van der Waals surface area contributed by atoms with Crippen molar-refractivity contribution in [1.82, 2.24) is 9.47 Å². The van der Waals surface area contributed by atoms with Crippen LogP contribution in [-0.2, 0) is 18.3 Å². The molecular formula is C21H26N2O2. The molecule has 2 aliphatic rings. The van der Waals surface area contributed by atoms with Crippen LogP contribution in [0.15, 0.2) is 36.4 Å². The van der Waals surface area contributed by atoms with Crippen LogP contribution in [0.1, 0.15) is 30.6 Å². The van der Waals surface area contributed by atoms with Crippen LogP contribution in [0.2, 0.25) is 0 Å². The lowest BCUT2D eigenvalue weighted by Gasteiger charge is -2.51. The molecule has 0 aliphatic carbocycles. The van der Waals surface area contributed by atoms with Gasteiger partial charge in [0, 0.05) is 42.2 Å². The van der Waals surface area contributed by atoms with Crippen molar-refractivity contribution in [1.29, 1.82) is 0 Å². The largest absolute Gasteiger partial charge is 0.396 e. The van der Waals surface area contributed by atoms with E-state index in [0.29, 0.717) is 5.57 Å². The molecule has 1 fully saturated rings. The molecule has 3 heterocycles. The quantitative estimate of drug-likeness (QED) is 0.876. The molecule has 4 nitrogen and oxygen atoms in total. The van der Waals surface area contributed by atoms with Crippen molar-refractivity contribution < 1.29 is 9.90 Å². The van der Waals surface area contributed by atoms with Crippen LogP contribution in [0.5, 0.6) is 0 Å². The number of aliphatic hydroxyl groups excluding tert-OH is 1. The first-order chi connectivity index (χ1) is 12.0. The van der Waals surface area contributed by atoms with Crippen LogP contribution in [0.3, 0.4) is 0 Å². The second-order valence-corrected chi connectivity index (χ2v) is 7.66. The molecule has 2 bridgehead atoms. The Morgan fingerprint density at radius 1 is 1.32 bits per heavy atom. The molecule has 1 saturated heterocycles. The van der Waals surface area contributed by atoms with Crippen LogP contribution in [0.4, 0.5) is 0 Å². The molecule has 0 unspecified atom stereocenters. The zero-order valence-electron chi connectivity index (χ0n) is 15.2. The van der Waals surface area contributed by atoms with Gasteiger partial charge in [0.2, 0.25) is 0 Å². The van der Waals surface area contributed by atoms with Gasteiger partial charge in [0.15, 0.2) is 5.78 Å². The number of likely N-dealkylation sites (N-methyl/N-ethyl adjacent to an activating group) is 1. The molecule has 1 aromatic heterocycles. The van der Waals surface area contributed by atoms with Gasteiger partial charge in [-0.25, -0.2) is 0 Å². The second-order valence-electron chi connectivity index (χ2n) is 7.66. The fraction of sp³-hybridized carbons (Fsp3) is 0.476. The van der Waals surface area contributed by atoms with Gasteiger partial charge in [0.25, 0.3) is 0 Å². The van der Waals surface area contributed by atoms with Crippen LogP contribution < -0.4 is 0 Å². The number of benzene rings is 1. The van der Waals surface area contributed by atoms with Gasteiger partial charge >= 0.3 is 0 Å². The van der Waals surface area contributed by atoms with Gasteiger partial charge in [-0.2, -0.15) is 0 Å². The molecule has 4 heteroatoms. The normalized spacial score (nSPS) is 28.8. The van der Waals surface area contributed by atoms with E-state index in [1.54, 1.807) is 6.92 Å². The molecule has 4 atom stereocenters. The van der Waals surface area contributed by atoms with Crippen molar-refractivity contribution in [2.24, 2.45) is 18.9 Å². The van der Waals surface area contributed by atoms with Crippen LogP contribution in [0.25, 0.3) is 10.9 Å². The van der Waals surface area contributed by atoms with Crippen LogP contribution in [0, 0.1) is 11.8 Å². The van der Waals surface area contributed by atoms with Crippen molar-refractivity contribution in [3.8, 4) is 0 Å². The summed E-state index contributed by atoms with van der Waals surface area (Å²) in [6, 6.07) is 9.06. The number of Topliss-reactive ketones (excluding diaryl/α,β-unsaturated/α-hetero) is 1. The Hall–Kier alpha value is -1.91. The highest BCUT2D eigenvalue weighted by atomic mass is 16.3. The first-order valence-electron chi connectivity index (χ1n) is 9.04. The van der Waals surface area contributed by atoms with E-state index in [0.717, 1.165) is 12.8 Å². The molecule has 25 heavy (non-hydrogen) atoms. The zero-order chi connectivity index (χ0) is 17.9. The molecule has 0 amide bonds. The fourth-order valence-electron chi connectivity index (χ4n) is 5.23. The summed E-state index contributed by atoms with van der Waals surface area (Å²) >= 11 is 0. The third-order valence-corrected chi connectivity index (χ3v) is 6.60. The first kappa shape index (κ1) is 16.6. The van der Waals surface area contributed by atoms with Crippen LogP contribution >= 0.6 is 0 Å². The molecule has 2 aliphatic heterocycles. The zero-order valence-corrected chi connectivity index (χ0v) is 15.2. The number of hydrogen-bond donors (Lipinski definition) is 1. The summed E-state index contributed by atoms with van der Waals surface area (Å²) in [6.07, 6.45) is 1.75. The minimum atomic E-state index is 0.0448. The van der Waals surface area contributed by atoms with Crippen molar-refractivity contribution in [2.45, 2.75) is 31.8 Å². The molecule has 0 saturated carbocycles. The predicted octanol–water partition coefficient (Wildman–Crippen LogP) is 2.85. The summed E-state index contributed by atoms with van der Waals surface area (Å²) in [7, 11) is 4.30. The summed E-state index contributed by atoms with van der Waals surface area (Å²) in [6.45, 7) is 5.75. The number of aryl methyl sites for hydroxylation is 1. The van der Waals surface area contributed by atoms with E-state index in [1.807, 2.05) is 0 Å². The van der Waals surface area contributed by atoms with E-state index in [4.69, 9.17) is 0 Å². The van der Waals surface area contributed by atoms with E-state index in [-0.39, 0.29) is 36.3 Å². The van der Waals surface area contributed by atoms with E-state index < -0.39 is 0 Å². The van der Waals surface area contributed by atoms with Crippen molar-refractivity contribution >= 4 is 16.7 Å². The lowest BCUT2D eigenvalue weighted by atomic mass is 9.68. The number of rotatable bonds is 3. The van der Waals surface area contributed by atoms with Crippen molar-refractivity contribution in [3.05, 3.63) is 47.7 Å². The molecule has 1 N–H and O–H groups in total. The van der Waals surface area contributed by atoms with Gasteiger partial charge < -0.3 is 9.67 Å². The average Bonchev–Trinajstić information content (AvgIpc) is 2.87. The minimum Gasteiger partial charge on any atom is -0.396 e. The Morgan fingerprint density at radius 3 is 2.72 bits per heavy atom. The number of ketones is 1. The minimum absolute atomic E-state index is 0.0448. The summed E-state index contributed by atoms with van der Waals surface area (Å²) in [5.41, 5.74) is 4.70. The highest BCUT2D eigenvalue weighted by Gasteiger charge is 2.48. The van der Waals surface area contributed by atoms with Gasteiger partial charge in [0.1, 0.15) is 0 Å². The number of para-hydroxylation sites is 1. The summed E-state index contributed by atoms with van der Waals surface area (Å²) < 4.78 is 2.31. The van der Waals surface area contributed by atoms with E-state index in [1.165, 1.54) is 22.2 Å². The lowest BCUT2D eigenvalue weighted by molar-refractivity contribution is -0.115. The van der Waals surface area contributed by atoms with Crippen molar-refractivity contribution in [2.75, 3.05) is 13.7 Å². The Kier molecular flexibility index (Phi) is 3.85.